The molecular formula is C15H13BrCl3NO. The van der Waals surface area contributed by atoms with E-state index in [4.69, 9.17) is 39.5 Å². The van der Waals surface area contributed by atoms with Crippen LogP contribution in [0.2, 0.25) is 15.1 Å². The Labute approximate surface area is 147 Å². The Hall–Kier alpha value is -0.610. The summed E-state index contributed by atoms with van der Waals surface area (Å²) in [5.41, 5.74) is 1.83. The summed E-state index contributed by atoms with van der Waals surface area (Å²) in [7, 11) is 1.63. The van der Waals surface area contributed by atoms with Gasteiger partial charge < -0.3 is 10.1 Å². The van der Waals surface area contributed by atoms with Crippen molar-refractivity contribution in [3.05, 3.63) is 55.4 Å². The highest BCUT2D eigenvalue weighted by Crippen LogP contribution is 2.37. The van der Waals surface area contributed by atoms with Crippen LogP contribution in [0.5, 0.6) is 5.75 Å². The first-order chi connectivity index (χ1) is 9.93. The van der Waals surface area contributed by atoms with E-state index >= 15 is 0 Å². The number of methoxy groups -OCH3 is 1. The van der Waals surface area contributed by atoms with Gasteiger partial charge in [0.1, 0.15) is 5.75 Å². The normalized spacial score (nSPS) is 12.1. The zero-order valence-corrected chi connectivity index (χ0v) is 15.2. The topological polar surface area (TPSA) is 21.3 Å². The van der Waals surface area contributed by atoms with Crippen molar-refractivity contribution in [1.29, 1.82) is 0 Å². The minimum atomic E-state index is -0.0208. The molecule has 0 saturated heterocycles. The fraction of sp³-hybridized carbons (Fsp3) is 0.200. The molecule has 21 heavy (non-hydrogen) atoms. The molecule has 1 unspecified atom stereocenters. The van der Waals surface area contributed by atoms with Gasteiger partial charge in [-0.3, -0.25) is 0 Å². The summed E-state index contributed by atoms with van der Waals surface area (Å²) < 4.78 is 6.09. The van der Waals surface area contributed by atoms with Gasteiger partial charge in [-0.2, -0.15) is 0 Å². The van der Waals surface area contributed by atoms with Crippen LogP contribution >= 0.6 is 50.7 Å². The van der Waals surface area contributed by atoms with E-state index in [1.165, 1.54) is 0 Å². The molecule has 0 aliphatic rings. The monoisotopic (exact) mass is 407 g/mol. The lowest BCUT2D eigenvalue weighted by Gasteiger charge is -2.18. The van der Waals surface area contributed by atoms with Crippen LogP contribution in [0.15, 0.2) is 34.8 Å². The number of hydrogen-bond acceptors (Lipinski definition) is 2. The SMILES string of the molecule is COc1ccc(NC(C)c2ccc(Cl)c(Cl)c2Cl)cc1Br. The molecule has 0 bridgehead atoms. The smallest absolute Gasteiger partial charge is 0.133 e. The average Bonchev–Trinajstić information content (AvgIpc) is 2.45. The lowest BCUT2D eigenvalue weighted by atomic mass is 10.1. The van der Waals surface area contributed by atoms with Crippen LogP contribution in [0.25, 0.3) is 0 Å². The molecule has 6 heteroatoms. The van der Waals surface area contributed by atoms with Gasteiger partial charge in [0, 0.05) is 5.69 Å². The van der Waals surface area contributed by atoms with Crippen molar-refractivity contribution in [2.24, 2.45) is 0 Å². The van der Waals surface area contributed by atoms with E-state index in [0.29, 0.717) is 15.1 Å². The first-order valence-corrected chi connectivity index (χ1v) is 8.10. The highest BCUT2D eigenvalue weighted by atomic mass is 79.9. The van der Waals surface area contributed by atoms with Crippen molar-refractivity contribution in [2.45, 2.75) is 13.0 Å². The summed E-state index contributed by atoms with van der Waals surface area (Å²) in [6, 6.07) is 9.36. The van der Waals surface area contributed by atoms with Crippen LogP contribution in [-0.2, 0) is 0 Å². The van der Waals surface area contributed by atoms with Crippen LogP contribution in [-0.4, -0.2) is 7.11 Å². The van der Waals surface area contributed by atoms with Crippen molar-refractivity contribution >= 4 is 56.4 Å². The molecule has 0 aromatic heterocycles. The van der Waals surface area contributed by atoms with E-state index in [2.05, 4.69) is 21.2 Å². The highest BCUT2D eigenvalue weighted by molar-refractivity contribution is 9.10. The van der Waals surface area contributed by atoms with Crippen LogP contribution in [0.3, 0.4) is 0 Å². The molecule has 0 amide bonds. The Kier molecular flexibility index (Phi) is 5.67. The van der Waals surface area contributed by atoms with E-state index < -0.39 is 0 Å². The van der Waals surface area contributed by atoms with Crippen molar-refractivity contribution < 1.29 is 4.74 Å². The number of nitrogens with one attached hydrogen (secondary N) is 1. The first kappa shape index (κ1) is 16.8. The molecule has 2 rings (SSSR count). The summed E-state index contributed by atoms with van der Waals surface area (Å²) in [6.45, 7) is 2.00. The van der Waals surface area contributed by atoms with Gasteiger partial charge in [0.2, 0.25) is 0 Å². The lowest BCUT2D eigenvalue weighted by molar-refractivity contribution is 0.412. The molecule has 0 heterocycles. The molecule has 1 atom stereocenters. The summed E-state index contributed by atoms with van der Waals surface area (Å²) in [5.74, 6) is 0.778. The molecule has 0 aliphatic carbocycles. The lowest BCUT2D eigenvalue weighted by Crippen LogP contribution is -2.07. The first-order valence-electron chi connectivity index (χ1n) is 6.17. The Morgan fingerprint density at radius 1 is 1.10 bits per heavy atom. The Balaban J connectivity index is 2.24. The quantitative estimate of drug-likeness (QED) is 0.575. The third kappa shape index (κ3) is 3.78. The van der Waals surface area contributed by atoms with Gasteiger partial charge in [0.05, 0.1) is 32.7 Å². The fourth-order valence-electron chi connectivity index (χ4n) is 1.96. The van der Waals surface area contributed by atoms with Gasteiger partial charge in [-0.25, -0.2) is 0 Å². The van der Waals surface area contributed by atoms with Crippen molar-refractivity contribution in [3.8, 4) is 5.75 Å². The second kappa shape index (κ2) is 7.10. The van der Waals surface area contributed by atoms with Crippen molar-refractivity contribution in [3.63, 3.8) is 0 Å². The minimum Gasteiger partial charge on any atom is -0.496 e. The predicted octanol–water partition coefficient (Wildman–Crippen LogP) is 6.59. The number of benzene rings is 2. The molecule has 0 radical (unpaired) electrons. The van der Waals surface area contributed by atoms with Gasteiger partial charge >= 0.3 is 0 Å². The summed E-state index contributed by atoms with van der Waals surface area (Å²) >= 11 is 21.7. The summed E-state index contributed by atoms with van der Waals surface area (Å²) in [5, 5.41) is 4.66. The van der Waals surface area contributed by atoms with Crippen LogP contribution < -0.4 is 10.1 Å². The molecule has 112 valence electrons. The zero-order chi connectivity index (χ0) is 15.6. The maximum atomic E-state index is 6.25. The fourth-order valence-corrected chi connectivity index (χ4v) is 3.21. The minimum absolute atomic E-state index is 0.0208. The maximum Gasteiger partial charge on any atom is 0.133 e. The van der Waals surface area contributed by atoms with E-state index in [9.17, 15) is 0 Å². The largest absolute Gasteiger partial charge is 0.496 e. The van der Waals surface area contributed by atoms with Crippen molar-refractivity contribution in [1.82, 2.24) is 0 Å². The Bertz CT molecular complexity index is 664. The maximum absolute atomic E-state index is 6.25. The highest BCUT2D eigenvalue weighted by Gasteiger charge is 2.14. The number of rotatable bonds is 4. The van der Waals surface area contributed by atoms with E-state index in [1.807, 2.05) is 31.2 Å². The Morgan fingerprint density at radius 2 is 1.81 bits per heavy atom. The predicted molar refractivity (Wildman–Crippen MR) is 94.2 cm³/mol. The van der Waals surface area contributed by atoms with E-state index in [0.717, 1.165) is 21.5 Å². The average molecular weight is 410 g/mol. The van der Waals surface area contributed by atoms with Crippen LogP contribution in [0.4, 0.5) is 5.69 Å². The standard InChI is InChI=1S/C15H13BrCl3NO/c1-8(10-4-5-12(17)15(19)14(10)18)20-9-3-6-13(21-2)11(16)7-9/h3-8,20H,1-2H3. The van der Waals surface area contributed by atoms with Gasteiger partial charge in [-0.1, -0.05) is 40.9 Å². The molecule has 0 fully saturated rings. The van der Waals surface area contributed by atoms with E-state index in [-0.39, 0.29) is 6.04 Å². The third-order valence-electron chi connectivity index (χ3n) is 3.07. The summed E-state index contributed by atoms with van der Waals surface area (Å²) in [4.78, 5) is 0. The molecule has 2 aromatic carbocycles. The molecule has 2 aromatic rings. The van der Waals surface area contributed by atoms with E-state index in [1.54, 1.807) is 13.2 Å². The van der Waals surface area contributed by atoms with Crippen LogP contribution in [0.1, 0.15) is 18.5 Å². The third-order valence-corrected chi connectivity index (χ3v) is 4.99. The number of anilines is 1. The molecule has 0 aliphatic heterocycles. The number of ether oxygens (including phenoxy) is 1. The van der Waals surface area contributed by atoms with Crippen molar-refractivity contribution in [2.75, 3.05) is 12.4 Å². The van der Waals surface area contributed by atoms with Gasteiger partial charge in [-0.05, 0) is 52.7 Å². The van der Waals surface area contributed by atoms with Gasteiger partial charge in [-0.15, -0.1) is 0 Å². The molecule has 0 spiro atoms. The molecule has 1 N–H and O–H groups in total. The second-order valence-electron chi connectivity index (χ2n) is 4.48. The van der Waals surface area contributed by atoms with Gasteiger partial charge in [0.15, 0.2) is 0 Å². The molecule has 2 nitrogen and oxygen atoms in total. The zero-order valence-electron chi connectivity index (χ0n) is 11.4. The van der Waals surface area contributed by atoms with Crippen LogP contribution in [0, 0.1) is 0 Å². The Morgan fingerprint density at radius 3 is 2.43 bits per heavy atom. The molecular weight excluding hydrogens is 396 g/mol. The summed E-state index contributed by atoms with van der Waals surface area (Å²) in [6.07, 6.45) is 0. The number of halogens is 4. The van der Waals surface area contributed by atoms with Gasteiger partial charge in [0.25, 0.3) is 0 Å². The molecule has 0 saturated carbocycles. The second-order valence-corrected chi connectivity index (χ2v) is 6.50. The number of hydrogen-bond donors (Lipinski definition) is 1.